The Morgan fingerprint density at radius 1 is 0.962 bits per heavy atom. The van der Waals surface area contributed by atoms with Crippen molar-refractivity contribution in [1.29, 1.82) is 0 Å². The van der Waals surface area contributed by atoms with E-state index in [1.54, 1.807) is 0 Å². The first kappa shape index (κ1) is 21.4. The van der Waals surface area contributed by atoms with Gasteiger partial charge in [-0.15, -0.1) is 9.24 Å². The lowest BCUT2D eigenvalue weighted by molar-refractivity contribution is 0.0149. The van der Waals surface area contributed by atoms with Crippen LogP contribution in [-0.2, 0) is 4.74 Å². The van der Waals surface area contributed by atoms with Crippen LogP contribution in [0.1, 0.15) is 83.9 Å². The van der Waals surface area contributed by atoms with Crippen LogP contribution in [0.2, 0.25) is 0 Å². The molecule has 3 atom stereocenters. The normalized spacial score (nSPS) is 23.4. The fraction of sp³-hybridized carbons (Fsp3) is 0.583. The summed E-state index contributed by atoms with van der Waals surface area (Å²) in [6, 6.07) is 7.05. The van der Waals surface area contributed by atoms with Crippen molar-refractivity contribution < 1.29 is 4.74 Å². The predicted octanol–water partition coefficient (Wildman–Crippen LogP) is 6.95. The van der Waals surface area contributed by atoms with Gasteiger partial charge in [-0.25, -0.2) is 0 Å². The summed E-state index contributed by atoms with van der Waals surface area (Å²) in [5.41, 5.74) is 5.60. The highest BCUT2D eigenvalue weighted by atomic mass is 31.0. The van der Waals surface area contributed by atoms with E-state index in [1.807, 2.05) is 0 Å². The summed E-state index contributed by atoms with van der Waals surface area (Å²) in [6.07, 6.45) is 6.96. The molecule has 0 aromatic heterocycles. The van der Waals surface area contributed by atoms with Crippen LogP contribution in [-0.4, -0.2) is 17.4 Å². The zero-order valence-electron chi connectivity index (χ0n) is 17.8. The summed E-state index contributed by atoms with van der Waals surface area (Å²) in [5, 5.41) is -0.123. The molecule has 0 aliphatic heterocycles. The van der Waals surface area contributed by atoms with E-state index in [0.29, 0.717) is 17.8 Å². The van der Waals surface area contributed by atoms with Gasteiger partial charge in [-0.05, 0) is 53.9 Å². The van der Waals surface area contributed by atoms with Crippen molar-refractivity contribution in [3.8, 4) is 0 Å². The quantitative estimate of drug-likeness (QED) is 0.491. The average molecular weight is 373 g/mol. The van der Waals surface area contributed by atoms with Gasteiger partial charge >= 0.3 is 0 Å². The summed E-state index contributed by atoms with van der Waals surface area (Å²) >= 11 is 0. The number of hydrogen-bond acceptors (Lipinski definition) is 1. The predicted molar refractivity (Wildman–Crippen MR) is 119 cm³/mol. The van der Waals surface area contributed by atoms with Gasteiger partial charge in [-0.1, -0.05) is 78.0 Å². The number of rotatable bonds is 6. The maximum absolute atomic E-state index is 6.33. The minimum atomic E-state index is -0.123. The minimum absolute atomic E-state index is 0.0669. The van der Waals surface area contributed by atoms with E-state index in [2.05, 4.69) is 101 Å². The SMILES string of the molecule is CC(C)OC1C=CC=C(c2ccc(C(C)C)cc2C(C)C)C1(P)C(C)C. The van der Waals surface area contributed by atoms with Gasteiger partial charge in [-0.3, -0.25) is 0 Å². The van der Waals surface area contributed by atoms with E-state index >= 15 is 0 Å². The molecule has 0 bridgehead atoms. The smallest absolute Gasteiger partial charge is 0.0895 e. The summed E-state index contributed by atoms with van der Waals surface area (Å²) < 4.78 is 6.33. The van der Waals surface area contributed by atoms with Gasteiger partial charge in [0.15, 0.2) is 0 Å². The van der Waals surface area contributed by atoms with Gasteiger partial charge in [0.1, 0.15) is 0 Å². The van der Waals surface area contributed by atoms with Crippen molar-refractivity contribution in [1.82, 2.24) is 0 Å². The molecule has 2 rings (SSSR count). The number of benzene rings is 1. The molecule has 0 spiro atoms. The average Bonchev–Trinajstić information content (AvgIpc) is 2.55. The van der Waals surface area contributed by atoms with Gasteiger partial charge in [0.2, 0.25) is 0 Å². The Bertz CT molecular complexity index is 681. The summed E-state index contributed by atoms with van der Waals surface area (Å²) in [5.74, 6) is 1.48. The maximum atomic E-state index is 6.33. The molecular weight excluding hydrogens is 335 g/mol. The highest BCUT2D eigenvalue weighted by Gasteiger charge is 2.43. The second-order valence-electron chi connectivity index (χ2n) is 8.81. The molecule has 0 fully saturated rings. The third-order valence-corrected chi connectivity index (χ3v) is 6.82. The van der Waals surface area contributed by atoms with Crippen LogP contribution >= 0.6 is 9.24 Å². The van der Waals surface area contributed by atoms with Gasteiger partial charge in [0.25, 0.3) is 0 Å². The van der Waals surface area contributed by atoms with E-state index < -0.39 is 0 Å². The second-order valence-corrected chi connectivity index (χ2v) is 9.77. The molecule has 1 aromatic rings. The molecule has 1 aliphatic carbocycles. The van der Waals surface area contributed by atoms with E-state index in [9.17, 15) is 0 Å². The summed E-state index contributed by atoms with van der Waals surface area (Å²) in [6.45, 7) is 18.0. The van der Waals surface area contributed by atoms with E-state index in [0.717, 1.165) is 0 Å². The molecule has 144 valence electrons. The Hall–Kier alpha value is -0.910. The van der Waals surface area contributed by atoms with Gasteiger partial charge in [0, 0.05) is 5.16 Å². The topological polar surface area (TPSA) is 9.23 Å². The molecule has 1 aromatic carbocycles. The Balaban J connectivity index is 2.61. The fourth-order valence-electron chi connectivity index (χ4n) is 3.79. The van der Waals surface area contributed by atoms with Crippen LogP contribution < -0.4 is 0 Å². The Morgan fingerprint density at radius 3 is 2.12 bits per heavy atom. The lowest BCUT2D eigenvalue weighted by Gasteiger charge is -2.44. The Morgan fingerprint density at radius 2 is 1.62 bits per heavy atom. The Labute approximate surface area is 163 Å². The van der Waals surface area contributed by atoms with Gasteiger partial charge in [-0.2, -0.15) is 0 Å². The molecule has 0 radical (unpaired) electrons. The van der Waals surface area contributed by atoms with Crippen LogP contribution in [0.15, 0.2) is 36.4 Å². The molecule has 0 saturated heterocycles. The van der Waals surface area contributed by atoms with Gasteiger partial charge in [0.05, 0.1) is 12.2 Å². The molecule has 0 N–H and O–H groups in total. The standard InChI is InChI=1S/C24H37OP/c1-15(2)19-12-13-20(21(14-19)16(3)4)22-10-9-11-23(25-18(7)8)24(22,26)17(5)6/h9-18,23H,26H2,1-8H3. The van der Waals surface area contributed by atoms with Gasteiger partial charge < -0.3 is 4.74 Å². The largest absolute Gasteiger partial charge is 0.370 e. The zero-order chi connectivity index (χ0) is 19.6. The number of hydrogen-bond donors (Lipinski definition) is 0. The third kappa shape index (κ3) is 4.15. The molecule has 0 saturated carbocycles. The first-order chi connectivity index (χ1) is 12.1. The van der Waals surface area contributed by atoms with Crippen molar-refractivity contribution >= 4 is 14.8 Å². The van der Waals surface area contributed by atoms with Crippen LogP contribution in [0.3, 0.4) is 0 Å². The molecule has 26 heavy (non-hydrogen) atoms. The van der Waals surface area contributed by atoms with E-state index in [4.69, 9.17) is 4.74 Å². The minimum Gasteiger partial charge on any atom is -0.370 e. The van der Waals surface area contributed by atoms with Crippen molar-refractivity contribution in [2.45, 2.75) is 84.6 Å². The van der Waals surface area contributed by atoms with E-state index in [-0.39, 0.29) is 17.4 Å². The monoisotopic (exact) mass is 372 g/mol. The van der Waals surface area contributed by atoms with Crippen molar-refractivity contribution in [2.24, 2.45) is 5.92 Å². The van der Waals surface area contributed by atoms with Crippen molar-refractivity contribution in [2.75, 3.05) is 0 Å². The fourth-order valence-corrected chi connectivity index (χ4v) is 4.23. The summed E-state index contributed by atoms with van der Waals surface area (Å²) in [4.78, 5) is 0. The highest BCUT2D eigenvalue weighted by molar-refractivity contribution is 7.20. The lowest BCUT2D eigenvalue weighted by atomic mass is 9.74. The number of ether oxygens (including phenoxy) is 1. The molecule has 0 amide bonds. The van der Waals surface area contributed by atoms with E-state index in [1.165, 1.54) is 22.3 Å². The van der Waals surface area contributed by atoms with Crippen molar-refractivity contribution in [3.63, 3.8) is 0 Å². The first-order valence-corrected chi connectivity index (χ1v) is 10.6. The first-order valence-electron chi connectivity index (χ1n) is 10.1. The van der Waals surface area contributed by atoms with Crippen LogP contribution in [0.25, 0.3) is 5.57 Å². The molecular formula is C24H37OP. The van der Waals surface area contributed by atoms with Crippen LogP contribution in [0, 0.1) is 5.92 Å². The highest BCUT2D eigenvalue weighted by Crippen LogP contribution is 2.49. The van der Waals surface area contributed by atoms with Crippen molar-refractivity contribution in [3.05, 3.63) is 53.1 Å². The summed E-state index contributed by atoms with van der Waals surface area (Å²) in [7, 11) is 3.16. The number of allylic oxidation sites excluding steroid dienone is 2. The lowest BCUT2D eigenvalue weighted by Crippen LogP contribution is -2.45. The van der Waals surface area contributed by atoms with Crippen LogP contribution in [0.5, 0.6) is 0 Å². The molecule has 3 unspecified atom stereocenters. The molecule has 0 heterocycles. The zero-order valence-corrected chi connectivity index (χ0v) is 19.0. The Kier molecular flexibility index (Phi) is 6.92. The molecule has 2 heteroatoms. The maximum Gasteiger partial charge on any atom is 0.0895 e. The second kappa shape index (κ2) is 8.41. The van der Waals surface area contributed by atoms with Crippen LogP contribution in [0.4, 0.5) is 0 Å². The molecule has 1 nitrogen and oxygen atoms in total. The third-order valence-electron chi connectivity index (χ3n) is 5.51. The molecule has 1 aliphatic rings.